The molecule has 2 aromatic rings. The molecule has 2 aromatic carbocycles. The van der Waals surface area contributed by atoms with Crippen LogP contribution in [0.25, 0.3) is 0 Å². The van der Waals surface area contributed by atoms with Crippen molar-refractivity contribution in [2.75, 3.05) is 0 Å². The van der Waals surface area contributed by atoms with Crippen molar-refractivity contribution in [1.82, 2.24) is 0 Å². The van der Waals surface area contributed by atoms with Gasteiger partial charge in [0.15, 0.2) is 0 Å². The van der Waals surface area contributed by atoms with Crippen molar-refractivity contribution in [3.63, 3.8) is 0 Å². The first-order valence-corrected chi connectivity index (χ1v) is 7.63. The molecule has 1 aliphatic heterocycles. The fourth-order valence-corrected chi connectivity index (χ4v) is 3.03. The zero-order valence-electron chi connectivity index (χ0n) is 11.7. The summed E-state index contributed by atoms with van der Waals surface area (Å²) in [4.78, 5) is 0. The maximum absolute atomic E-state index is 6.32. The number of benzene rings is 2. The Morgan fingerprint density at radius 3 is 2.70 bits per heavy atom. The molecule has 0 saturated carbocycles. The molecule has 2 N–H and O–H groups in total. The Bertz CT molecular complexity index is 653. The van der Waals surface area contributed by atoms with Crippen LogP contribution in [0.1, 0.15) is 40.8 Å². The van der Waals surface area contributed by atoms with E-state index < -0.39 is 0 Å². The number of halogens is 1. The first-order valence-electron chi connectivity index (χ1n) is 6.83. The Hall–Kier alpha value is -1.32. The molecule has 2 atom stereocenters. The lowest BCUT2D eigenvalue weighted by Gasteiger charge is -2.31. The van der Waals surface area contributed by atoms with Crippen LogP contribution >= 0.6 is 15.9 Å². The van der Waals surface area contributed by atoms with Crippen molar-refractivity contribution in [2.45, 2.75) is 32.4 Å². The van der Waals surface area contributed by atoms with E-state index in [1.54, 1.807) is 0 Å². The molecule has 0 fully saturated rings. The van der Waals surface area contributed by atoms with E-state index in [0.29, 0.717) is 0 Å². The number of hydrogen-bond acceptors (Lipinski definition) is 2. The van der Waals surface area contributed by atoms with Gasteiger partial charge in [0.05, 0.1) is 0 Å². The molecule has 0 bridgehead atoms. The van der Waals surface area contributed by atoms with Crippen LogP contribution in [0.4, 0.5) is 0 Å². The summed E-state index contributed by atoms with van der Waals surface area (Å²) in [6.45, 7) is 4.16. The predicted octanol–water partition coefficient (Wildman–Crippen LogP) is 4.59. The first kappa shape index (κ1) is 13.7. The number of fused-ring (bicyclic) bond motifs is 1. The molecule has 0 saturated heterocycles. The Labute approximate surface area is 128 Å². The molecule has 3 rings (SSSR count). The van der Waals surface area contributed by atoms with Gasteiger partial charge in [-0.1, -0.05) is 45.8 Å². The summed E-state index contributed by atoms with van der Waals surface area (Å²) in [5.41, 5.74) is 11.1. The van der Waals surface area contributed by atoms with Crippen LogP contribution < -0.4 is 10.5 Å². The second kappa shape index (κ2) is 5.23. The van der Waals surface area contributed by atoms with Crippen molar-refractivity contribution in [3.05, 3.63) is 63.1 Å². The molecule has 1 unspecified atom stereocenters. The highest BCUT2D eigenvalue weighted by Gasteiger charge is 2.27. The van der Waals surface area contributed by atoms with Crippen LogP contribution in [-0.4, -0.2) is 0 Å². The topological polar surface area (TPSA) is 35.2 Å². The molecule has 3 heteroatoms. The van der Waals surface area contributed by atoms with Gasteiger partial charge in [0.2, 0.25) is 0 Å². The van der Waals surface area contributed by atoms with Crippen molar-refractivity contribution < 1.29 is 4.74 Å². The zero-order chi connectivity index (χ0) is 14.3. The minimum atomic E-state index is 0.0251. The lowest BCUT2D eigenvalue weighted by atomic mass is 9.92. The van der Waals surface area contributed by atoms with Gasteiger partial charge in [0.25, 0.3) is 0 Å². The van der Waals surface area contributed by atoms with Gasteiger partial charge in [-0.15, -0.1) is 0 Å². The van der Waals surface area contributed by atoms with Gasteiger partial charge in [0, 0.05) is 22.5 Å². The van der Waals surface area contributed by atoms with E-state index in [1.807, 2.05) is 6.07 Å². The molecule has 104 valence electrons. The van der Waals surface area contributed by atoms with Gasteiger partial charge in [-0.05, 0) is 37.1 Å². The summed E-state index contributed by atoms with van der Waals surface area (Å²) in [5, 5.41) is 0. The van der Waals surface area contributed by atoms with Gasteiger partial charge in [0.1, 0.15) is 11.9 Å². The van der Waals surface area contributed by atoms with Crippen molar-refractivity contribution in [3.8, 4) is 5.75 Å². The largest absolute Gasteiger partial charge is 0.485 e. The first-order chi connectivity index (χ1) is 9.54. The van der Waals surface area contributed by atoms with Crippen LogP contribution in [0, 0.1) is 13.8 Å². The SMILES string of the molecule is Cc1ccc2c(c1)[C@H](N)CC(c1ccc(C)c(Br)c1)O2. The maximum atomic E-state index is 6.32. The van der Waals surface area contributed by atoms with Crippen molar-refractivity contribution >= 4 is 15.9 Å². The van der Waals surface area contributed by atoms with E-state index in [-0.39, 0.29) is 12.1 Å². The molecule has 0 aliphatic carbocycles. The lowest BCUT2D eigenvalue weighted by Crippen LogP contribution is -2.24. The molecule has 2 nitrogen and oxygen atoms in total. The smallest absolute Gasteiger partial charge is 0.126 e. The van der Waals surface area contributed by atoms with E-state index >= 15 is 0 Å². The number of nitrogens with two attached hydrogens (primary N) is 1. The van der Waals surface area contributed by atoms with Gasteiger partial charge in [-0.25, -0.2) is 0 Å². The summed E-state index contributed by atoms with van der Waals surface area (Å²) >= 11 is 3.58. The van der Waals surface area contributed by atoms with E-state index in [9.17, 15) is 0 Å². The molecule has 0 radical (unpaired) electrons. The quantitative estimate of drug-likeness (QED) is 0.829. The van der Waals surface area contributed by atoms with Crippen LogP contribution in [0.5, 0.6) is 5.75 Å². The van der Waals surface area contributed by atoms with E-state index in [1.165, 1.54) is 16.7 Å². The summed E-state index contributed by atoms with van der Waals surface area (Å²) in [6.07, 6.45) is 0.837. The van der Waals surface area contributed by atoms with Crippen LogP contribution in [0.15, 0.2) is 40.9 Å². The molecule has 20 heavy (non-hydrogen) atoms. The van der Waals surface area contributed by atoms with E-state index in [4.69, 9.17) is 10.5 Å². The van der Waals surface area contributed by atoms with Gasteiger partial charge >= 0.3 is 0 Å². The lowest BCUT2D eigenvalue weighted by molar-refractivity contribution is 0.161. The summed E-state index contributed by atoms with van der Waals surface area (Å²) < 4.78 is 7.25. The fourth-order valence-electron chi connectivity index (χ4n) is 2.64. The molecular formula is C17H18BrNO. The Morgan fingerprint density at radius 2 is 1.95 bits per heavy atom. The summed E-state index contributed by atoms with van der Waals surface area (Å²) in [6, 6.07) is 12.6. The number of ether oxygens (including phenoxy) is 1. The number of aryl methyl sites for hydroxylation is 2. The molecular weight excluding hydrogens is 314 g/mol. The average Bonchev–Trinajstić information content (AvgIpc) is 2.42. The molecule has 0 amide bonds. The summed E-state index contributed by atoms with van der Waals surface area (Å²) in [7, 11) is 0. The molecule has 0 spiro atoms. The minimum absolute atomic E-state index is 0.0251. The third kappa shape index (κ3) is 2.48. The highest BCUT2D eigenvalue weighted by molar-refractivity contribution is 9.10. The Morgan fingerprint density at radius 1 is 1.15 bits per heavy atom. The fraction of sp³-hybridized carbons (Fsp3) is 0.294. The monoisotopic (exact) mass is 331 g/mol. The van der Waals surface area contributed by atoms with Crippen molar-refractivity contribution in [2.24, 2.45) is 5.73 Å². The van der Waals surface area contributed by atoms with Gasteiger partial charge in [-0.2, -0.15) is 0 Å². The second-order valence-corrected chi connectivity index (χ2v) is 6.35. The van der Waals surface area contributed by atoms with Crippen molar-refractivity contribution in [1.29, 1.82) is 0 Å². The van der Waals surface area contributed by atoms with E-state index in [2.05, 4.69) is 60.1 Å². The standard InChI is InChI=1S/C17H18BrNO/c1-10-3-6-16-13(7-10)15(19)9-17(20-16)12-5-4-11(2)14(18)8-12/h3-8,15,17H,9,19H2,1-2H3/t15-,17?/m1/s1. The number of rotatable bonds is 1. The maximum Gasteiger partial charge on any atom is 0.126 e. The van der Waals surface area contributed by atoms with Crippen LogP contribution in [0.3, 0.4) is 0 Å². The van der Waals surface area contributed by atoms with Crippen LogP contribution in [0.2, 0.25) is 0 Å². The van der Waals surface area contributed by atoms with E-state index in [0.717, 1.165) is 22.2 Å². The second-order valence-electron chi connectivity index (χ2n) is 5.50. The third-order valence-electron chi connectivity index (χ3n) is 3.87. The highest BCUT2D eigenvalue weighted by Crippen LogP contribution is 2.40. The Balaban J connectivity index is 1.94. The normalized spacial score (nSPS) is 21.2. The third-order valence-corrected chi connectivity index (χ3v) is 4.72. The highest BCUT2D eigenvalue weighted by atomic mass is 79.9. The minimum Gasteiger partial charge on any atom is -0.485 e. The predicted molar refractivity (Wildman–Crippen MR) is 85.0 cm³/mol. The number of hydrogen-bond donors (Lipinski definition) is 1. The molecule has 1 heterocycles. The molecule has 1 aliphatic rings. The van der Waals surface area contributed by atoms with Gasteiger partial charge in [-0.3, -0.25) is 0 Å². The Kier molecular flexibility index (Phi) is 3.57. The average molecular weight is 332 g/mol. The van der Waals surface area contributed by atoms with Gasteiger partial charge < -0.3 is 10.5 Å². The molecule has 0 aromatic heterocycles. The zero-order valence-corrected chi connectivity index (χ0v) is 13.3. The summed E-state index contributed by atoms with van der Waals surface area (Å²) in [5.74, 6) is 0.913. The van der Waals surface area contributed by atoms with Crippen LogP contribution in [-0.2, 0) is 0 Å².